The summed E-state index contributed by atoms with van der Waals surface area (Å²) < 4.78 is 5.74. The first-order valence-corrected chi connectivity index (χ1v) is 12.2. The fourth-order valence-corrected chi connectivity index (χ4v) is 4.35. The highest BCUT2D eigenvalue weighted by Gasteiger charge is 2.45. The number of aliphatic hydroxyl groups excluding tert-OH is 1. The third-order valence-electron chi connectivity index (χ3n) is 5.99. The van der Waals surface area contributed by atoms with E-state index in [4.69, 9.17) is 16.3 Å². The van der Waals surface area contributed by atoms with Gasteiger partial charge in [-0.2, -0.15) is 0 Å². The number of rotatable bonds is 10. The highest BCUT2D eigenvalue weighted by molar-refractivity contribution is 6.46. The summed E-state index contributed by atoms with van der Waals surface area (Å²) in [6.45, 7) is 11.2. The quantitative estimate of drug-likeness (QED) is 0.282. The van der Waals surface area contributed by atoms with E-state index in [0.29, 0.717) is 22.9 Å². The zero-order chi connectivity index (χ0) is 24.8. The second-order valence-corrected chi connectivity index (χ2v) is 9.05. The van der Waals surface area contributed by atoms with Gasteiger partial charge in [-0.15, -0.1) is 0 Å². The maximum Gasteiger partial charge on any atom is 0.295 e. The Bertz CT molecular complexity index is 1030. The molecule has 7 heteroatoms. The number of hydrogen-bond acceptors (Lipinski definition) is 5. The fraction of sp³-hybridized carbons (Fsp3) is 0.407. The highest BCUT2D eigenvalue weighted by atomic mass is 35.5. The van der Waals surface area contributed by atoms with Gasteiger partial charge in [0.15, 0.2) is 0 Å². The maximum absolute atomic E-state index is 13.1. The fourth-order valence-electron chi connectivity index (χ4n) is 4.23. The second kappa shape index (κ2) is 11.5. The van der Waals surface area contributed by atoms with Crippen LogP contribution in [0.25, 0.3) is 5.76 Å². The number of benzene rings is 2. The Kier molecular flexibility index (Phi) is 8.75. The molecule has 0 aromatic heterocycles. The number of likely N-dealkylation sites (tertiary alicyclic amines) is 1. The van der Waals surface area contributed by atoms with E-state index in [-0.39, 0.29) is 17.4 Å². The van der Waals surface area contributed by atoms with Gasteiger partial charge >= 0.3 is 0 Å². The standard InChI is InChI=1S/C27H33ClN2O4/c1-5-29(6-2)16-7-17-30-24(19-10-14-22(15-11-19)34-18(3)4)23(26(32)27(30)33)25(31)20-8-12-21(28)13-9-20/h8-15,18,24,31H,5-7,16-17H2,1-4H3/t24-/m0/s1. The van der Waals surface area contributed by atoms with Gasteiger partial charge in [-0.3, -0.25) is 9.59 Å². The van der Waals surface area contributed by atoms with Crippen molar-refractivity contribution >= 4 is 29.1 Å². The van der Waals surface area contributed by atoms with Crippen LogP contribution in [0.1, 0.15) is 51.3 Å². The van der Waals surface area contributed by atoms with Crippen LogP contribution in [0.5, 0.6) is 5.75 Å². The third-order valence-corrected chi connectivity index (χ3v) is 6.25. The Hall–Kier alpha value is -2.83. The number of halogens is 1. The van der Waals surface area contributed by atoms with Gasteiger partial charge in [0.2, 0.25) is 0 Å². The van der Waals surface area contributed by atoms with E-state index in [1.807, 2.05) is 38.1 Å². The SMILES string of the molecule is CCN(CC)CCCN1C(=O)C(=O)C(=C(O)c2ccc(Cl)cc2)[C@@H]1c1ccc(OC(C)C)cc1. The molecule has 6 nitrogen and oxygen atoms in total. The van der Waals surface area contributed by atoms with Gasteiger partial charge in [0.1, 0.15) is 11.5 Å². The van der Waals surface area contributed by atoms with Gasteiger partial charge in [-0.1, -0.05) is 37.6 Å². The lowest BCUT2D eigenvalue weighted by molar-refractivity contribution is -0.140. The number of amides is 1. The van der Waals surface area contributed by atoms with Crippen molar-refractivity contribution in [2.45, 2.75) is 46.3 Å². The Morgan fingerprint density at radius 1 is 1.06 bits per heavy atom. The lowest BCUT2D eigenvalue weighted by Crippen LogP contribution is -2.33. The Morgan fingerprint density at radius 2 is 1.68 bits per heavy atom. The summed E-state index contributed by atoms with van der Waals surface area (Å²) in [6.07, 6.45) is 0.752. The number of Topliss-reactive ketones (excluding diaryl/α,β-unsaturated/α-hetero) is 1. The molecule has 3 rings (SSSR count). The predicted octanol–water partition coefficient (Wildman–Crippen LogP) is 5.28. The molecule has 2 aromatic carbocycles. The van der Waals surface area contributed by atoms with E-state index in [9.17, 15) is 14.7 Å². The monoisotopic (exact) mass is 484 g/mol. The molecule has 1 N–H and O–H groups in total. The third kappa shape index (κ3) is 5.80. The summed E-state index contributed by atoms with van der Waals surface area (Å²) in [5.41, 5.74) is 1.27. The number of ether oxygens (including phenoxy) is 1. The Balaban J connectivity index is 2.01. The van der Waals surface area contributed by atoms with Gasteiger partial charge in [0, 0.05) is 17.1 Å². The summed E-state index contributed by atoms with van der Waals surface area (Å²) >= 11 is 5.99. The van der Waals surface area contributed by atoms with Crippen molar-refractivity contribution in [2.75, 3.05) is 26.2 Å². The maximum atomic E-state index is 13.1. The van der Waals surface area contributed by atoms with Gasteiger partial charge < -0.3 is 19.6 Å². The van der Waals surface area contributed by atoms with Crippen molar-refractivity contribution in [1.82, 2.24) is 9.80 Å². The van der Waals surface area contributed by atoms with E-state index in [1.54, 1.807) is 29.2 Å². The van der Waals surface area contributed by atoms with E-state index in [1.165, 1.54) is 0 Å². The smallest absolute Gasteiger partial charge is 0.295 e. The number of carbonyl (C=O) groups excluding carboxylic acids is 2. The molecule has 0 bridgehead atoms. The van der Waals surface area contributed by atoms with Crippen molar-refractivity contribution in [3.05, 3.63) is 70.3 Å². The topological polar surface area (TPSA) is 70.1 Å². The number of hydrogen-bond donors (Lipinski definition) is 1. The van der Waals surface area contributed by atoms with Crippen molar-refractivity contribution in [3.8, 4) is 5.75 Å². The molecule has 0 saturated carbocycles. The van der Waals surface area contributed by atoms with Crippen LogP contribution in [0.4, 0.5) is 0 Å². The Labute approximate surface area is 206 Å². The molecule has 1 fully saturated rings. The minimum absolute atomic E-state index is 0.0291. The molecule has 1 aliphatic heterocycles. The first-order valence-electron chi connectivity index (χ1n) is 11.8. The van der Waals surface area contributed by atoms with Gasteiger partial charge in [-0.05, 0) is 81.9 Å². The largest absolute Gasteiger partial charge is 0.507 e. The average Bonchev–Trinajstić information content (AvgIpc) is 3.07. The van der Waals surface area contributed by atoms with Gasteiger partial charge in [-0.25, -0.2) is 0 Å². The van der Waals surface area contributed by atoms with Crippen LogP contribution in [0, 0.1) is 0 Å². The summed E-state index contributed by atoms with van der Waals surface area (Å²) in [5.74, 6) is -0.769. The number of carbonyl (C=O) groups is 2. The lowest BCUT2D eigenvalue weighted by Gasteiger charge is -2.27. The lowest BCUT2D eigenvalue weighted by atomic mass is 9.95. The number of ketones is 1. The average molecular weight is 485 g/mol. The first kappa shape index (κ1) is 25.8. The van der Waals surface area contributed by atoms with E-state index in [0.717, 1.165) is 31.6 Å². The van der Waals surface area contributed by atoms with Crippen molar-refractivity contribution in [3.63, 3.8) is 0 Å². The summed E-state index contributed by atoms with van der Waals surface area (Å²) in [4.78, 5) is 30.1. The molecule has 1 atom stereocenters. The molecule has 34 heavy (non-hydrogen) atoms. The van der Waals surface area contributed by atoms with Crippen LogP contribution >= 0.6 is 11.6 Å². The zero-order valence-electron chi connectivity index (χ0n) is 20.3. The van der Waals surface area contributed by atoms with Crippen LogP contribution in [0.3, 0.4) is 0 Å². The van der Waals surface area contributed by atoms with E-state index < -0.39 is 17.7 Å². The molecular weight excluding hydrogens is 452 g/mol. The van der Waals surface area contributed by atoms with Crippen LogP contribution in [-0.4, -0.2) is 58.9 Å². The molecule has 0 radical (unpaired) electrons. The zero-order valence-corrected chi connectivity index (χ0v) is 21.0. The normalized spacial score (nSPS) is 17.7. The Morgan fingerprint density at radius 3 is 2.24 bits per heavy atom. The van der Waals surface area contributed by atoms with Crippen LogP contribution in [-0.2, 0) is 9.59 Å². The molecule has 0 aliphatic carbocycles. The van der Waals surface area contributed by atoms with E-state index in [2.05, 4.69) is 18.7 Å². The molecule has 2 aromatic rings. The van der Waals surface area contributed by atoms with Gasteiger partial charge in [0.25, 0.3) is 11.7 Å². The van der Waals surface area contributed by atoms with Gasteiger partial charge in [0.05, 0.1) is 17.7 Å². The van der Waals surface area contributed by atoms with Crippen LogP contribution < -0.4 is 4.74 Å². The summed E-state index contributed by atoms with van der Waals surface area (Å²) in [6, 6.07) is 13.2. The van der Waals surface area contributed by atoms with E-state index >= 15 is 0 Å². The highest BCUT2D eigenvalue weighted by Crippen LogP contribution is 2.40. The summed E-state index contributed by atoms with van der Waals surface area (Å²) in [7, 11) is 0. The number of nitrogens with zero attached hydrogens (tertiary/aromatic N) is 2. The number of aliphatic hydroxyl groups is 1. The van der Waals surface area contributed by atoms with Crippen LogP contribution in [0.15, 0.2) is 54.1 Å². The molecule has 1 heterocycles. The minimum Gasteiger partial charge on any atom is -0.507 e. The van der Waals surface area contributed by atoms with Crippen molar-refractivity contribution in [2.24, 2.45) is 0 Å². The van der Waals surface area contributed by atoms with Crippen molar-refractivity contribution in [1.29, 1.82) is 0 Å². The molecule has 1 amide bonds. The van der Waals surface area contributed by atoms with Crippen molar-refractivity contribution < 1.29 is 19.4 Å². The second-order valence-electron chi connectivity index (χ2n) is 8.62. The molecular formula is C27H33ClN2O4. The molecule has 1 saturated heterocycles. The predicted molar refractivity (Wildman–Crippen MR) is 135 cm³/mol. The molecule has 0 spiro atoms. The minimum atomic E-state index is -0.680. The molecule has 182 valence electrons. The first-order chi connectivity index (χ1) is 16.3. The molecule has 0 unspecified atom stereocenters. The van der Waals surface area contributed by atoms with Crippen LogP contribution in [0.2, 0.25) is 5.02 Å². The summed E-state index contributed by atoms with van der Waals surface area (Å²) in [5, 5.41) is 11.6. The molecule has 1 aliphatic rings.